The van der Waals surface area contributed by atoms with E-state index in [1.165, 1.54) is 0 Å². The molecule has 4 heteroatoms. The van der Waals surface area contributed by atoms with Crippen LogP contribution in [0.3, 0.4) is 0 Å². The highest BCUT2D eigenvalue weighted by Crippen LogP contribution is 2.45. The maximum atomic E-state index is 11.3. The van der Waals surface area contributed by atoms with Crippen molar-refractivity contribution in [3.63, 3.8) is 0 Å². The summed E-state index contributed by atoms with van der Waals surface area (Å²) in [6, 6.07) is 0. The predicted molar refractivity (Wildman–Crippen MR) is 53.2 cm³/mol. The number of hydrogen-bond donors (Lipinski definition) is 1. The lowest BCUT2D eigenvalue weighted by Gasteiger charge is -2.41. The molecule has 1 aliphatic carbocycles. The Bertz CT molecular complexity index is 175. The molecule has 12 heavy (non-hydrogen) atoms. The van der Waals surface area contributed by atoms with Crippen LogP contribution in [0.1, 0.15) is 19.8 Å². The average Bonchev–Trinajstić information content (AvgIpc) is 1.98. The van der Waals surface area contributed by atoms with Crippen LogP contribution in [0, 0.1) is 5.41 Å². The lowest BCUT2D eigenvalue weighted by molar-refractivity contribution is -0.163. The number of alkyl halides is 1. The number of ether oxygens (including phenoxy) is 1. The minimum atomic E-state index is -0.568. The van der Waals surface area contributed by atoms with Crippen LogP contribution < -0.4 is 0 Å². The number of rotatable bonds is 3. The fourth-order valence-corrected chi connectivity index (χ4v) is 3.12. The fourth-order valence-electron chi connectivity index (χ4n) is 1.43. The molecule has 1 rings (SSSR count). The van der Waals surface area contributed by atoms with Gasteiger partial charge >= 0.3 is 5.97 Å². The molecule has 0 amide bonds. The summed E-state index contributed by atoms with van der Waals surface area (Å²) in [6.45, 7) is 2.10. The molecule has 0 unspecified atom stereocenters. The van der Waals surface area contributed by atoms with E-state index in [0.717, 1.165) is 12.8 Å². The van der Waals surface area contributed by atoms with Gasteiger partial charge in [0.15, 0.2) is 0 Å². The van der Waals surface area contributed by atoms with Crippen LogP contribution in [-0.4, -0.2) is 28.2 Å². The smallest absolute Gasteiger partial charge is 0.314 e. The van der Waals surface area contributed by atoms with Crippen LogP contribution >= 0.6 is 22.6 Å². The molecule has 0 saturated heterocycles. The zero-order valence-electron chi connectivity index (χ0n) is 7.05. The summed E-state index contributed by atoms with van der Waals surface area (Å²) in [5, 5.41) is 9.05. The maximum absolute atomic E-state index is 11.3. The predicted octanol–water partition coefficient (Wildman–Crippen LogP) is 1.13. The quantitative estimate of drug-likeness (QED) is 0.480. The number of aliphatic hydroxyl groups excluding tert-OH is 1. The van der Waals surface area contributed by atoms with Crippen LogP contribution in [0.4, 0.5) is 0 Å². The third kappa shape index (κ3) is 1.74. The van der Waals surface area contributed by atoms with Gasteiger partial charge in [0, 0.05) is 3.92 Å². The van der Waals surface area contributed by atoms with Crippen molar-refractivity contribution in [2.75, 3.05) is 13.2 Å². The third-order valence-corrected chi connectivity index (χ3v) is 3.12. The Morgan fingerprint density at radius 2 is 2.33 bits per heavy atom. The molecule has 1 N–H and O–H groups in total. The standard InChI is InChI=1S/C8H13IO3/c1-2-12-7(11)8(5-10)3-6(9)4-8/h6,10H,2-5H2,1H3. The Labute approximate surface area is 85.6 Å². The first-order chi connectivity index (χ1) is 5.64. The second kappa shape index (κ2) is 3.91. The van der Waals surface area contributed by atoms with Crippen LogP contribution in [0.5, 0.6) is 0 Å². The molecule has 0 atom stereocenters. The highest BCUT2D eigenvalue weighted by atomic mass is 127. The SMILES string of the molecule is CCOC(=O)C1(CO)CC(I)C1. The molecule has 1 fully saturated rings. The molecule has 0 aromatic carbocycles. The van der Waals surface area contributed by atoms with E-state index in [1.807, 2.05) is 0 Å². The molecule has 0 radical (unpaired) electrons. The number of carbonyl (C=O) groups is 1. The van der Waals surface area contributed by atoms with Gasteiger partial charge in [-0.2, -0.15) is 0 Å². The maximum Gasteiger partial charge on any atom is 0.314 e. The van der Waals surface area contributed by atoms with Crippen molar-refractivity contribution in [3.8, 4) is 0 Å². The number of aliphatic hydroxyl groups is 1. The van der Waals surface area contributed by atoms with Crippen LogP contribution in [0.25, 0.3) is 0 Å². The molecule has 1 aliphatic rings. The van der Waals surface area contributed by atoms with Gasteiger partial charge in [-0.25, -0.2) is 0 Å². The summed E-state index contributed by atoms with van der Waals surface area (Å²) >= 11 is 2.28. The van der Waals surface area contributed by atoms with Gasteiger partial charge in [-0.3, -0.25) is 4.79 Å². The normalized spacial score (nSPS) is 34.1. The summed E-state index contributed by atoms with van der Waals surface area (Å²) in [4.78, 5) is 11.3. The van der Waals surface area contributed by atoms with Gasteiger partial charge < -0.3 is 9.84 Å². The van der Waals surface area contributed by atoms with E-state index >= 15 is 0 Å². The molecule has 70 valence electrons. The van der Waals surface area contributed by atoms with E-state index in [-0.39, 0.29) is 12.6 Å². The molecule has 0 bridgehead atoms. The molecular formula is C8H13IO3. The van der Waals surface area contributed by atoms with Crippen molar-refractivity contribution in [1.29, 1.82) is 0 Å². The molecular weight excluding hydrogens is 271 g/mol. The molecule has 1 saturated carbocycles. The van der Waals surface area contributed by atoms with Gasteiger partial charge in [0.25, 0.3) is 0 Å². The van der Waals surface area contributed by atoms with Crippen molar-refractivity contribution >= 4 is 28.6 Å². The van der Waals surface area contributed by atoms with E-state index in [2.05, 4.69) is 22.6 Å². The lowest BCUT2D eigenvalue weighted by Crippen LogP contribution is -2.48. The van der Waals surface area contributed by atoms with E-state index < -0.39 is 5.41 Å². The first-order valence-electron chi connectivity index (χ1n) is 4.07. The monoisotopic (exact) mass is 284 g/mol. The summed E-state index contributed by atoms with van der Waals surface area (Å²) in [5.74, 6) is -0.236. The first-order valence-corrected chi connectivity index (χ1v) is 5.31. The van der Waals surface area contributed by atoms with Crippen LogP contribution in [0.15, 0.2) is 0 Å². The Morgan fingerprint density at radius 1 is 1.75 bits per heavy atom. The number of carbonyl (C=O) groups excluding carboxylic acids is 1. The van der Waals surface area contributed by atoms with Gasteiger partial charge in [0.05, 0.1) is 18.6 Å². The van der Waals surface area contributed by atoms with Gasteiger partial charge in [-0.15, -0.1) is 0 Å². The number of hydrogen-bond acceptors (Lipinski definition) is 3. The number of halogens is 1. The van der Waals surface area contributed by atoms with E-state index in [0.29, 0.717) is 10.5 Å². The summed E-state index contributed by atoms with van der Waals surface area (Å²) in [5.41, 5.74) is -0.568. The molecule has 0 aliphatic heterocycles. The minimum absolute atomic E-state index is 0.0780. The van der Waals surface area contributed by atoms with E-state index in [9.17, 15) is 4.79 Å². The van der Waals surface area contributed by atoms with Crippen molar-refractivity contribution in [3.05, 3.63) is 0 Å². The van der Waals surface area contributed by atoms with Gasteiger partial charge in [-0.05, 0) is 19.8 Å². The molecule has 0 aromatic rings. The summed E-state index contributed by atoms with van der Waals surface area (Å²) < 4.78 is 5.40. The van der Waals surface area contributed by atoms with Gasteiger partial charge in [-0.1, -0.05) is 22.6 Å². The second-order valence-corrected chi connectivity index (χ2v) is 4.93. The summed E-state index contributed by atoms with van der Waals surface area (Å²) in [7, 11) is 0. The van der Waals surface area contributed by atoms with E-state index in [1.54, 1.807) is 6.92 Å². The highest BCUT2D eigenvalue weighted by Gasteiger charge is 2.49. The Balaban J connectivity index is 2.51. The molecule has 0 heterocycles. The third-order valence-electron chi connectivity index (χ3n) is 2.24. The van der Waals surface area contributed by atoms with Crippen molar-refractivity contribution in [2.45, 2.75) is 23.7 Å². The number of esters is 1. The Hall–Kier alpha value is 0.160. The van der Waals surface area contributed by atoms with Crippen molar-refractivity contribution < 1.29 is 14.6 Å². The topological polar surface area (TPSA) is 46.5 Å². The molecule has 0 aromatic heterocycles. The zero-order chi connectivity index (χ0) is 9.19. The molecule has 3 nitrogen and oxygen atoms in total. The van der Waals surface area contributed by atoms with Crippen LogP contribution in [-0.2, 0) is 9.53 Å². The zero-order valence-corrected chi connectivity index (χ0v) is 9.20. The highest BCUT2D eigenvalue weighted by molar-refractivity contribution is 14.1. The van der Waals surface area contributed by atoms with Crippen molar-refractivity contribution in [2.24, 2.45) is 5.41 Å². The molecule has 0 spiro atoms. The lowest BCUT2D eigenvalue weighted by atomic mass is 9.69. The van der Waals surface area contributed by atoms with Crippen LogP contribution in [0.2, 0.25) is 0 Å². The van der Waals surface area contributed by atoms with Gasteiger partial charge in [0.2, 0.25) is 0 Å². The average molecular weight is 284 g/mol. The van der Waals surface area contributed by atoms with E-state index in [4.69, 9.17) is 9.84 Å². The Morgan fingerprint density at radius 3 is 2.67 bits per heavy atom. The fraction of sp³-hybridized carbons (Fsp3) is 0.875. The van der Waals surface area contributed by atoms with Gasteiger partial charge in [0.1, 0.15) is 0 Å². The van der Waals surface area contributed by atoms with Crippen molar-refractivity contribution in [1.82, 2.24) is 0 Å². The summed E-state index contributed by atoms with van der Waals surface area (Å²) in [6.07, 6.45) is 1.51. The largest absolute Gasteiger partial charge is 0.465 e. The first kappa shape index (κ1) is 10.2. The minimum Gasteiger partial charge on any atom is -0.465 e. The Kier molecular flexibility index (Phi) is 3.34. The second-order valence-electron chi connectivity index (χ2n) is 3.16.